The van der Waals surface area contributed by atoms with Gasteiger partial charge in [0.25, 0.3) is 0 Å². The van der Waals surface area contributed by atoms with E-state index in [1.807, 2.05) is 50.5 Å². The molecule has 3 aromatic rings. The van der Waals surface area contributed by atoms with Gasteiger partial charge in [0, 0.05) is 13.5 Å². The average Bonchev–Trinajstić information content (AvgIpc) is 2.91. The van der Waals surface area contributed by atoms with Crippen LogP contribution >= 0.6 is 0 Å². The summed E-state index contributed by atoms with van der Waals surface area (Å²) in [6, 6.07) is 13.3. The minimum Gasteiger partial charge on any atom is -0.424 e. The summed E-state index contributed by atoms with van der Waals surface area (Å²) in [7, 11) is 4.00. The summed E-state index contributed by atoms with van der Waals surface area (Å²) < 4.78 is 5.30. The van der Waals surface area contributed by atoms with E-state index in [1.165, 1.54) is 11.7 Å². The molecule has 0 aliphatic rings. The normalized spacial score (nSPS) is 11.1. The van der Waals surface area contributed by atoms with Gasteiger partial charge >= 0.3 is 5.97 Å². The van der Waals surface area contributed by atoms with E-state index < -0.39 is 0 Å². The lowest BCUT2D eigenvalue weighted by atomic mass is 10.2. The summed E-state index contributed by atoms with van der Waals surface area (Å²) in [6.07, 6.45) is 0. The average molecular weight is 310 g/mol. The van der Waals surface area contributed by atoms with E-state index in [0.29, 0.717) is 11.4 Å². The molecule has 0 amide bonds. The van der Waals surface area contributed by atoms with Crippen LogP contribution in [-0.4, -0.2) is 40.0 Å². The van der Waals surface area contributed by atoms with Crippen molar-refractivity contribution in [3.05, 3.63) is 48.0 Å². The maximum Gasteiger partial charge on any atom is 0.308 e. The van der Waals surface area contributed by atoms with Crippen LogP contribution in [0.5, 0.6) is 5.75 Å². The molecule has 0 N–H and O–H groups in total. The number of ether oxygens (including phenoxy) is 1. The fraction of sp³-hybridized carbons (Fsp3) is 0.235. The third-order valence-corrected chi connectivity index (χ3v) is 3.28. The van der Waals surface area contributed by atoms with Crippen molar-refractivity contribution in [3.8, 4) is 11.4 Å². The van der Waals surface area contributed by atoms with Crippen LogP contribution in [-0.2, 0) is 11.3 Å². The van der Waals surface area contributed by atoms with Crippen LogP contribution in [0.1, 0.15) is 12.5 Å². The summed E-state index contributed by atoms with van der Waals surface area (Å²) >= 11 is 0. The fourth-order valence-corrected chi connectivity index (χ4v) is 2.39. The Morgan fingerprint density at radius 2 is 1.78 bits per heavy atom. The second kappa shape index (κ2) is 6.18. The molecule has 0 fully saturated rings. The van der Waals surface area contributed by atoms with E-state index in [4.69, 9.17) is 4.74 Å². The van der Waals surface area contributed by atoms with Gasteiger partial charge in [-0.25, -0.2) is 0 Å². The van der Waals surface area contributed by atoms with Gasteiger partial charge in [-0.15, -0.1) is 15.0 Å². The molecule has 0 spiro atoms. The number of aromatic nitrogens is 3. The second-order valence-electron chi connectivity index (χ2n) is 5.61. The first-order valence-electron chi connectivity index (χ1n) is 7.31. The molecule has 0 bridgehead atoms. The van der Waals surface area contributed by atoms with Crippen molar-refractivity contribution in [2.45, 2.75) is 13.5 Å². The first-order valence-corrected chi connectivity index (χ1v) is 7.31. The van der Waals surface area contributed by atoms with Crippen LogP contribution in [0.4, 0.5) is 0 Å². The highest BCUT2D eigenvalue weighted by molar-refractivity contribution is 5.74. The third kappa shape index (κ3) is 3.37. The number of carbonyl (C=O) groups is 1. The van der Waals surface area contributed by atoms with Crippen molar-refractivity contribution in [3.63, 3.8) is 0 Å². The molecule has 0 aliphatic carbocycles. The molecular weight excluding hydrogens is 292 g/mol. The molecule has 6 heteroatoms. The molecule has 1 aromatic heterocycles. The Morgan fingerprint density at radius 3 is 2.35 bits per heavy atom. The minimum atomic E-state index is -0.372. The van der Waals surface area contributed by atoms with E-state index in [9.17, 15) is 4.79 Å². The highest BCUT2D eigenvalue weighted by atomic mass is 16.5. The Kier molecular flexibility index (Phi) is 4.08. The number of hydrogen-bond donors (Lipinski definition) is 0. The molecule has 0 radical (unpaired) electrons. The number of fused-ring (bicyclic) bond motifs is 1. The topological polar surface area (TPSA) is 60.2 Å². The van der Waals surface area contributed by atoms with Crippen molar-refractivity contribution in [2.24, 2.45) is 0 Å². The van der Waals surface area contributed by atoms with Crippen molar-refractivity contribution in [1.82, 2.24) is 19.9 Å². The molecular formula is C17H18N4O2. The zero-order valence-electron chi connectivity index (χ0n) is 13.4. The third-order valence-electron chi connectivity index (χ3n) is 3.28. The largest absolute Gasteiger partial charge is 0.424 e. The molecule has 6 nitrogen and oxygen atoms in total. The molecule has 118 valence electrons. The summed E-state index contributed by atoms with van der Waals surface area (Å²) in [4.78, 5) is 14.9. The summed E-state index contributed by atoms with van der Waals surface area (Å²) in [6.45, 7) is 2.15. The Hall–Kier alpha value is -2.73. The zero-order valence-corrected chi connectivity index (χ0v) is 13.4. The molecule has 0 saturated carbocycles. The molecule has 3 rings (SSSR count). The Balaban J connectivity index is 2.10. The number of benzene rings is 2. The smallest absolute Gasteiger partial charge is 0.308 e. The van der Waals surface area contributed by atoms with Gasteiger partial charge in [0.1, 0.15) is 16.7 Å². The molecule has 0 saturated heterocycles. The van der Waals surface area contributed by atoms with Gasteiger partial charge in [0.05, 0.1) is 0 Å². The van der Waals surface area contributed by atoms with Crippen molar-refractivity contribution in [1.29, 1.82) is 0 Å². The van der Waals surface area contributed by atoms with E-state index in [-0.39, 0.29) is 5.97 Å². The van der Waals surface area contributed by atoms with Crippen LogP contribution in [0.15, 0.2) is 42.5 Å². The molecule has 2 aromatic carbocycles. The molecule has 1 heterocycles. The molecule has 0 unspecified atom stereocenters. The van der Waals surface area contributed by atoms with E-state index >= 15 is 0 Å². The molecule has 23 heavy (non-hydrogen) atoms. The van der Waals surface area contributed by atoms with E-state index in [2.05, 4.69) is 15.1 Å². The molecule has 0 atom stereocenters. The quantitative estimate of drug-likeness (QED) is 0.547. The minimum absolute atomic E-state index is 0.372. The standard InChI is InChI=1S/C17H18N4O2/c1-12(22)23-17-9-8-13(11-20(2)3)10-16(17)21-18-14-6-4-5-7-15(14)19-21/h4-10H,11H2,1-3H3. The summed E-state index contributed by atoms with van der Waals surface area (Å²) in [5.41, 5.74) is 3.32. The number of carbonyl (C=O) groups excluding carboxylic acids is 1. The van der Waals surface area contributed by atoms with Gasteiger partial charge < -0.3 is 9.64 Å². The van der Waals surface area contributed by atoms with Crippen LogP contribution in [0.2, 0.25) is 0 Å². The summed E-state index contributed by atoms with van der Waals surface area (Å²) in [5, 5.41) is 8.94. The molecule has 0 aliphatic heterocycles. The van der Waals surface area contributed by atoms with Gasteiger partial charge in [-0.05, 0) is 43.9 Å². The van der Waals surface area contributed by atoms with Gasteiger partial charge in [-0.1, -0.05) is 18.2 Å². The number of hydrogen-bond acceptors (Lipinski definition) is 5. The van der Waals surface area contributed by atoms with Gasteiger partial charge in [-0.3, -0.25) is 4.79 Å². The van der Waals surface area contributed by atoms with Gasteiger partial charge in [0.2, 0.25) is 0 Å². The highest BCUT2D eigenvalue weighted by Crippen LogP contribution is 2.25. The lowest BCUT2D eigenvalue weighted by Crippen LogP contribution is -2.12. The predicted molar refractivity (Wildman–Crippen MR) is 87.6 cm³/mol. The zero-order chi connectivity index (χ0) is 16.4. The van der Waals surface area contributed by atoms with Crippen LogP contribution in [0.3, 0.4) is 0 Å². The van der Waals surface area contributed by atoms with Gasteiger partial charge in [-0.2, -0.15) is 0 Å². The first kappa shape index (κ1) is 15.2. The lowest BCUT2D eigenvalue weighted by molar-refractivity contribution is -0.131. The first-order chi connectivity index (χ1) is 11.0. The van der Waals surface area contributed by atoms with Gasteiger partial charge in [0.15, 0.2) is 5.75 Å². The van der Waals surface area contributed by atoms with Crippen LogP contribution in [0, 0.1) is 0 Å². The van der Waals surface area contributed by atoms with Crippen LogP contribution < -0.4 is 4.74 Å². The second-order valence-corrected chi connectivity index (χ2v) is 5.61. The van der Waals surface area contributed by atoms with Crippen molar-refractivity contribution >= 4 is 17.0 Å². The highest BCUT2D eigenvalue weighted by Gasteiger charge is 2.13. The van der Waals surface area contributed by atoms with E-state index in [0.717, 1.165) is 23.1 Å². The Labute approximate surface area is 134 Å². The monoisotopic (exact) mass is 310 g/mol. The number of nitrogens with zero attached hydrogens (tertiary/aromatic N) is 4. The van der Waals surface area contributed by atoms with Crippen LogP contribution in [0.25, 0.3) is 16.7 Å². The van der Waals surface area contributed by atoms with Crippen molar-refractivity contribution in [2.75, 3.05) is 14.1 Å². The fourth-order valence-electron chi connectivity index (χ4n) is 2.39. The predicted octanol–water partition coefficient (Wildman–Crippen LogP) is 2.41. The number of rotatable bonds is 4. The summed E-state index contributed by atoms with van der Waals surface area (Å²) in [5.74, 6) is 0.0728. The maximum absolute atomic E-state index is 11.4. The van der Waals surface area contributed by atoms with E-state index in [1.54, 1.807) is 6.07 Å². The van der Waals surface area contributed by atoms with Crippen molar-refractivity contribution < 1.29 is 9.53 Å². The SMILES string of the molecule is CC(=O)Oc1ccc(CN(C)C)cc1-n1nc2ccccc2n1. The Bertz CT molecular complexity index is 822. The number of esters is 1. The Morgan fingerprint density at radius 1 is 1.13 bits per heavy atom. The lowest BCUT2D eigenvalue weighted by Gasteiger charge is -2.13. The maximum atomic E-state index is 11.4.